The van der Waals surface area contributed by atoms with E-state index in [-0.39, 0.29) is 5.69 Å². The van der Waals surface area contributed by atoms with Crippen molar-refractivity contribution < 1.29 is 23.8 Å². The Kier molecular flexibility index (Phi) is 4.94. The first-order valence-corrected chi connectivity index (χ1v) is 7.55. The van der Waals surface area contributed by atoms with Gasteiger partial charge < -0.3 is 14.2 Å². The van der Waals surface area contributed by atoms with Crippen LogP contribution in [0.3, 0.4) is 0 Å². The lowest BCUT2D eigenvalue weighted by Gasteiger charge is -2.13. The molecule has 0 N–H and O–H groups in total. The zero-order chi connectivity index (χ0) is 17.6. The molecule has 2 heterocycles. The molecule has 0 bridgehead atoms. The predicted molar refractivity (Wildman–Crippen MR) is 88.3 cm³/mol. The Morgan fingerprint density at radius 2 is 1.92 bits per heavy atom. The lowest BCUT2D eigenvalue weighted by molar-refractivity contribution is -0.144. The van der Waals surface area contributed by atoms with E-state index in [1.54, 1.807) is 22.7 Å². The quantitative estimate of drug-likeness (QED) is 0.640. The fraction of sp³-hybridized carbons (Fsp3) is 0.167. The van der Waals surface area contributed by atoms with Gasteiger partial charge in [-0.1, -0.05) is 30.3 Å². The van der Waals surface area contributed by atoms with Crippen LogP contribution in [-0.2, 0) is 20.9 Å². The standard InChI is InChI=1S/C18H16N2O5/c1-23-16(21)11-25-18(22)17-15(8-7-14-9-19-12-20(14)17)24-10-13-5-3-2-4-6-13/h2-9,12H,10-11H2,1H3. The fourth-order valence-electron chi connectivity index (χ4n) is 2.28. The van der Waals surface area contributed by atoms with Gasteiger partial charge in [0.25, 0.3) is 0 Å². The van der Waals surface area contributed by atoms with Crippen LogP contribution in [0.1, 0.15) is 16.1 Å². The van der Waals surface area contributed by atoms with Crippen LogP contribution in [0.25, 0.3) is 5.52 Å². The van der Waals surface area contributed by atoms with Crippen LogP contribution in [0.15, 0.2) is 55.0 Å². The summed E-state index contributed by atoms with van der Waals surface area (Å²) in [7, 11) is 1.22. The number of nitrogens with zero attached hydrogens (tertiary/aromatic N) is 2. The van der Waals surface area contributed by atoms with E-state index in [1.165, 1.54) is 13.4 Å². The van der Waals surface area contributed by atoms with Crippen molar-refractivity contribution in [1.82, 2.24) is 9.38 Å². The van der Waals surface area contributed by atoms with Gasteiger partial charge in [-0.15, -0.1) is 0 Å². The Bertz CT molecular complexity index is 889. The molecule has 7 heteroatoms. The third-order valence-corrected chi connectivity index (χ3v) is 3.53. The number of aromatic nitrogens is 2. The molecule has 128 valence electrons. The second-order valence-electron chi connectivity index (χ2n) is 5.16. The highest BCUT2D eigenvalue weighted by Crippen LogP contribution is 2.23. The molecule has 0 radical (unpaired) electrons. The lowest BCUT2D eigenvalue weighted by atomic mass is 10.2. The number of imidazole rings is 1. The van der Waals surface area contributed by atoms with Crippen molar-refractivity contribution in [3.8, 4) is 5.75 Å². The molecule has 0 fully saturated rings. The van der Waals surface area contributed by atoms with E-state index in [0.29, 0.717) is 17.9 Å². The minimum Gasteiger partial charge on any atom is -0.486 e. The van der Waals surface area contributed by atoms with E-state index in [0.717, 1.165) is 5.56 Å². The molecular weight excluding hydrogens is 324 g/mol. The molecular formula is C18H16N2O5. The first-order valence-electron chi connectivity index (χ1n) is 7.55. The van der Waals surface area contributed by atoms with Gasteiger partial charge in [-0.2, -0.15) is 0 Å². The second-order valence-corrected chi connectivity index (χ2v) is 5.16. The molecule has 0 saturated heterocycles. The normalized spacial score (nSPS) is 10.4. The number of methoxy groups -OCH3 is 1. The Morgan fingerprint density at radius 1 is 1.12 bits per heavy atom. The summed E-state index contributed by atoms with van der Waals surface area (Å²) in [5.74, 6) is -1.00. The zero-order valence-electron chi connectivity index (χ0n) is 13.5. The van der Waals surface area contributed by atoms with Crippen LogP contribution in [0.4, 0.5) is 0 Å². The Morgan fingerprint density at radius 3 is 2.68 bits per heavy atom. The molecule has 0 saturated carbocycles. The molecule has 0 aliphatic rings. The van der Waals surface area contributed by atoms with Crippen LogP contribution < -0.4 is 4.74 Å². The van der Waals surface area contributed by atoms with Crippen LogP contribution >= 0.6 is 0 Å². The number of hydrogen-bond acceptors (Lipinski definition) is 6. The number of rotatable bonds is 6. The molecule has 0 atom stereocenters. The number of esters is 2. The van der Waals surface area contributed by atoms with Crippen LogP contribution in [0, 0.1) is 0 Å². The highest BCUT2D eigenvalue weighted by Gasteiger charge is 2.20. The molecule has 2 aromatic heterocycles. The summed E-state index contributed by atoms with van der Waals surface area (Å²) in [6.07, 6.45) is 3.09. The van der Waals surface area contributed by atoms with Gasteiger partial charge in [-0.25, -0.2) is 14.6 Å². The average Bonchev–Trinajstić information content (AvgIpc) is 3.13. The van der Waals surface area contributed by atoms with Crippen molar-refractivity contribution >= 4 is 17.5 Å². The molecule has 0 aliphatic heterocycles. The SMILES string of the molecule is COC(=O)COC(=O)c1c(OCc2ccccc2)ccc2cncn12. The van der Waals surface area contributed by atoms with Gasteiger partial charge in [0.05, 0.1) is 25.2 Å². The molecule has 0 aliphatic carbocycles. The number of hydrogen-bond donors (Lipinski definition) is 0. The smallest absolute Gasteiger partial charge is 0.359 e. The maximum Gasteiger partial charge on any atom is 0.359 e. The maximum atomic E-state index is 12.5. The van der Waals surface area contributed by atoms with Gasteiger partial charge in [0.1, 0.15) is 6.61 Å². The van der Waals surface area contributed by atoms with E-state index in [1.807, 2.05) is 30.3 Å². The summed E-state index contributed by atoms with van der Waals surface area (Å²) in [4.78, 5) is 27.7. The van der Waals surface area contributed by atoms with Crippen LogP contribution in [-0.4, -0.2) is 35.0 Å². The van der Waals surface area contributed by atoms with E-state index in [9.17, 15) is 9.59 Å². The third kappa shape index (κ3) is 3.77. The molecule has 3 rings (SSSR count). The highest BCUT2D eigenvalue weighted by atomic mass is 16.6. The third-order valence-electron chi connectivity index (χ3n) is 3.53. The van der Waals surface area contributed by atoms with Gasteiger partial charge >= 0.3 is 11.9 Å². The summed E-state index contributed by atoms with van der Waals surface area (Å²) in [5.41, 5.74) is 1.83. The summed E-state index contributed by atoms with van der Waals surface area (Å²) < 4.78 is 16.8. The summed E-state index contributed by atoms with van der Waals surface area (Å²) >= 11 is 0. The van der Waals surface area contributed by atoms with Crippen molar-refractivity contribution in [2.24, 2.45) is 0 Å². The zero-order valence-corrected chi connectivity index (χ0v) is 13.5. The highest BCUT2D eigenvalue weighted by molar-refractivity contribution is 5.92. The number of carbonyl (C=O) groups is 2. The van der Waals surface area contributed by atoms with E-state index in [2.05, 4.69) is 9.72 Å². The summed E-state index contributed by atoms with van der Waals surface area (Å²) in [6.45, 7) is -0.184. The van der Waals surface area contributed by atoms with Gasteiger partial charge in [0.15, 0.2) is 18.1 Å². The first-order chi connectivity index (χ1) is 12.2. The Hall–Kier alpha value is -3.35. The molecule has 3 aromatic rings. The molecule has 1 aromatic carbocycles. The topological polar surface area (TPSA) is 79.1 Å². The molecule has 7 nitrogen and oxygen atoms in total. The largest absolute Gasteiger partial charge is 0.486 e. The van der Waals surface area contributed by atoms with Crippen LogP contribution in [0.5, 0.6) is 5.75 Å². The summed E-state index contributed by atoms with van der Waals surface area (Å²) in [5, 5.41) is 0. The monoisotopic (exact) mass is 340 g/mol. The van der Waals surface area contributed by atoms with Crippen molar-refractivity contribution in [2.45, 2.75) is 6.61 Å². The number of fused-ring (bicyclic) bond motifs is 1. The Labute approximate surface area is 143 Å². The summed E-state index contributed by atoms with van der Waals surface area (Å²) in [6, 6.07) is 13.0. The molecule has 0 amide bonds. The first kappa shape index (κ1) is 16.5. The minimum absolute atomic E-state index is 0.162. The number of benzene rings is 1. The minimum atomic E-state index is -0.697. The molecule has 0 unspecified atom stereocenters. The molecule has 0 spiro atoms. The predicted octanol–water partition coefficient (Wildman–Crippen LogP) is 2.24. The van der Waals surface area contributed by atoms with Crippen molar-refractivity contribution in [3.05, 3.63) is 66.2 Å². The van der Waals surface area contributed by atoms with Crippen molar-refractivity contribution in [1.29, 1.82) is 0 Å². The van der Waals surface area contributed by atoms with Gasteiger partial charge in [-0.05, 0) is 17.7 Å². The Balaban J connectivity index is 1.86. The van der Waals surface area contributed by atoms with E-state index >= 15 is 0 Å². The lowest BCUT2D eigenvalue weighted by Crippen LogP contribution is -2.18. The maximum absolute atomic E-state index is 12.5. The van der Waals surface area contributed by atoms with Gasteiger partial charge in [0.2, 0.25) is 0 Å². The number of pyridine rings is 1. The van der Waals surface area contributed by atoms with E-state index in [4.69, 9.17) is 9.47 Å². The van der Waals surface area contributed by atoms with Crippen LogP contribution in [0.2, 0.25) is 0 Å². The van der Waals surface area contributed by atoms with E-state index < -0.39 is 18.5 Å². The average molecular weight is 340 g/mol. The van der Waals surface area contributed by atoms with Crippen molar-refractivity contribution in [3.63, 3.8) is 0 Å². The molecule has 25 heavy (non-hydrogen) atoms. The number of ether oxygens (including phenoxy) is 3. The second kappa shape index (κ2) is 7.48. The fourth-order valence-corrected chi connectivity index (χ4v) is 2.28. The van der Waals surface area contributed by atoms with Gasteiger partial charge in [0, 0.05) is 0 Å². The van der Waals surface area contributed by atoms with Gasteiger partial charge in [-0.3, -0.25) is 4.40 Å². The van der Waals surface area contributed by atoms with Crippen molar-refractivity contribution in [2.75, 3.05) is 13.7 Å². The number of carbonyl (C=O) groups excluding carboxylic acids is 2.